The van der Waals surface area contributed by atoms with Crippen molar-refractivity contribution in [2.45, 2.75) is 32.2 Å². The Kier molecular flexibility index (Phi) is 6.75. The molecule has 8 nitrogen and oxygen atoms in total. The molecule has 0 fully saturated rings. The third-order valence-corrected chi connectivity index (χ3v) is 6.27. The number of nitrogens with one attached hydrogen (secondary N) is 3. The third-order valence-electron chi connectivity index (χ3n) is 6.27. The molecule has 0 aliphatic carbocycles. The molecule has 182 valence electrons. The molecule has 0 atom stereocenters. The Labute approximate surface area is 209 Å². The van der Waals surface area contributed by atoms with Crippen LogP contribution in [-0.2, 0) is 24.2 Å². The van der Waals surface area contributed by atoms with Gasteiger partial charge in [-0.15, -0.1) is 0 Å². The Hall–Kier alpha value is -4.46. The number of nitrogen functional groups attached to an aromatic ring is 1. The van der Waals surface area contributed by atoms with E-state index < -0.39 is 0 Å². The predicted octanol–water partition coefficient (Wildman–Crippen LogP) is 3.93. The highest BCUT2D eigenvalue weighted by Crippen LogP contribution is 2.21. The largest absolute Gasteiger partial charge is 0.384 e. The third kappa shape index (κ3) is 5.27. The van der Waals surface area contributed by atoms with Gasteiger partial charge in [0.1, 0.15) is 17.5 Å². The average molecular weight is 480 g/mol. The van der Waals surface area contributed by atoms with Crippen molar-refractivity contribution in [2.75, 3.05) is 6.54 Å². The van der Waals surface area contributed by atoms with Crippen LogP contribution in [-0.4, -0.2) is 37.8 Å². The highest BCUT2D eigenvalue weighted by molar-refractivity contribution is 5.98. The highest BCUT2D eigenvalue weighted by Gasteiger charge is 2.15. The molecule has 0 saturated heterocycles. The van der Waals surface area contributed by atoms with Crippen molar-refractivity contribution in [3.63, 3.8) is 0 Å². The molecule has 1 amide bonds. The molecule has 0 aliphatic rings. The lowest BCUT2D eigenvalue weighted by Crippen LogP contribution is -2.27. The van der Waals surface area contributed by atoms with Crippen molar-refractivity contribution in [3.05, 3.63) is 95.6 Å². The molecule has 2 aromatic heterocycles. The predicted molar refractivity (Wildman–Crippen MR) is 142 cm³/mol. The number of para-hydroxylation sites is 2. The van der Waals surface area contributed by atoms with Crippen LogP contribution in [0.4, 0.5) is 0 Å². The number of aromatic amines is 1. The topological polar surface area (TPSA) is 125 Å². The summed E-state index contributed by atoms with van der Waals surface area (Å²) < 4.78 is 2.08. The van der Waals surface area contributed by atoms with Crippen molar-refractivity contribution < 1.29 is 4.79 Å². The summed E-state index contributed by atoms with van der Waals surface area (Å²) in [5.41, 5.74) is 11.2. The summed E-state index contributed by atoms with van der Waals surface area (Å²) in [6.45, 7) is 1.03. The Balaban J connectivity index is 1.30. The summed E-state index contributed by atoms with van der Waals surface area (Å²) in [5.74, 6) is 1.71. The summed E-state index contributed by atoms with van der Waals surface area (Å²) in [7, 11) is 0. The van der Waals surface area contributed by atoms with Gasteiger partial charge in [-0.05, 0) is 48.7 Å². The van der Waals surface area contributed by atoms with Gasteiger partial charge >= 0.3 is 0 Å². The monoisotopic (exact) mass is 479 g/mol. The zero-order valence-corrected chi connectivity index (χ0v) is 20.0. The van der Waals surface area contributed by atoms with Gasteiger partial charge in [-0.2, -0.15) is 0 Å². The van der Waals surface area contributed by atoms with E-state index in [0.717, 1.165) is 46.6 Å². The highest BCUT2D eigenvalue weighted by atomic mass is 16.1. The van der Waals surface area contributed by atoms with E-state index in [1.165, 1.54) is 5.56 Å². The zero-order valence-electron chi connectivity index (χ0n) is 20.0. The first-order chi connectivity index (χ1) is 17.6. The summed E-state index contributed by atoms with van der Waals surface area (Å²) in [5, 5.41) is 10.9. The summed E-state index contributed by atoms with van der Waals surface area (Å²) in [4.78, 5) is 25.4. The van der Waals surface area contributed by atoms with Gasteiger partial charge in [-0.3, -0.25) is 10.2 Å². The standard InChI is InChI=1S/C28H29N7O/c29-28(30)20-13-14-23-24(17-20)35(16-15-31-27(36)12-6-9-19-7-2-1-3-8-19)26(34-23)18-25-32-21-10-4-5-11-22(21)33-25/h1-5,7-8,10-11,13-14,17H,6,9,12,15-16,18H2,(H3,29,30)(H,31,36)(H,32,33). The minimum atomic E-state index is 0.00945. The van der Waals surface area contributed by atoms with Crippen molar-refractivity contribution in [2.24, 2.45) is 5.73 Å². The van der Waals surface area contributed by atoms with Crippen LogP contribution >= 0.6 is 0 Å². The van der Waals surface area contributed by atoms with E-state index in [4.69, 9.17) is 21.1 Å². The Bertz CT molecular complexity index is 1480. The van der Waals surface area contributed by atoms with Gasteiger partial charge in [0.2, 0.25) is 5.91 Å². The summed E-state index contributed by atoms with van der Waals surface area (Å²) >= 11 is 0. The number of nitrogens with two attached hydrogens (primary N) is 1. The van der Waals surface area contributed by atoms with Gasteiger partial charge < -0.3 is 20.6 Å². The van der Waals surface area contributed by atoms with Crippen molar-refractivity contribution in [1.29, 1.82) is 5.41 Å². The van der Waals surface area contributed by atoms with Gasteiger partial charge in [0, 0.05) is 25.1 Å². The van der Waals surface area contributed by atoms with Crippen LogP contribution in [0.15, 0.2) is 72.8 Å². The minimum Gasteiger partial charge on any atom is -0.384 e. The number of amides is 1. The van der Waals surface area contributed by atoms with E-state index in [1.54, 1.807) is 0 Å². The lowest BCUT2D eigenvalue weighted by Gasteiger charge is -2.11. The Morgan fingerprint density at radius 2 is 1.81 bits per heavy atom. The minimum absolute atomic E-state index is 0.00945. The number of H-pyrrole nitrogens is 1. The van der Waals surface area contributed by atoms with Gasteiger partial charge in [0.05, 0.1) is 28.5 Å². The number of aryl methyl sites for hydroxylation is 1. The van der Waals surface area contributed by atoms with Crippen LogP contribution in [0.1, 0.15) is 35.6 Å². The first-order valence-electron chi connectivity index (χ1n) is 12.1. The van der Waals surface area contributed by atoms with Crippen LogP contribution < -0.4 is 11.1 Å². The first kappa shape index (κ1) is 23.3. The average Bonchev–Trinajstić information content (AvgIpc) is 3.45. The van der Waals surface area contributed by atoms with Gasteiger partial charge in [-0.1, -0.05) is 42.5 Å². The van der Waals surface area contributed by atoms with Crippen molar-refractivity contribution >= 4 is 33.8 Å². The summed E-state index contributed by atoms with van der Waals surface area (Å²) in [6.07, 6.45) is 2.70. The molecule has 3 aromatic carbocycles. The number of imidazole rings is 2. The second kappa shape index (κ2) is 10.4. The molecule has 0 saturated carbocycles. The maximum Gasteiger partial charge on any atom is 0.220 e. The quantitative estimate of drug-likeness (QED) is 0.179. The number of amidine groups is 1. The van der Waals surface area contributed by atoms with Gasteiger partial charge in [0.15, 0.2) is 0 Å². The number of carbonyl (C=O) groups excluding carboxylic acids is 1. The van der Waals surface area contributed by atoms with E-state index in [-0.39, 0.29) is 11.7 Å². The van der Waals surface area contributed by atoms with Crippen LogP contribution in [0.25, 0.3) is 22.1 Å². The second-order valence-electron chi connectivity index (χ2n) is 8.86. The maximum absolute atomic E-state index is 12.4. The molecule has 8 heteroatoms. The number of hydrogen-bond acceptors (Lipinski definition) is 4. The fourth-order valence-electron chi connectivity index (χ4n) is 4.46. The van der Waals surface area contributed by atoms with Crippen LogP contribution in [0, 0.1) is 5.41 Å². The molecular formula is C28H29N7O. The fraction of sp³-hybridized carbons (Fsp3) is 0.214. The van der Waals surface area contributed by atoms with Gasteiger partial charge in [0.25, 0.3) is 0 Å². The van der Waals surface area contributed by atoms with E-state index >= 15 is 0 Å². The molecule has 0 unspecified atom stereocenters. The number of nitrogens with zero attached hydrogens (tertiary/aromatic N) is 3. The van der Waals surface area contributed by atoms with Crippen LogP contribution in [0.3, 0.4) is 0 Å². The van der Waals surface area contributed by atoms with E-state index in [1.807, 2.05) is 60.7 Å². The molecule has 36 heavy (non-hydrogen) atoms. The molecule has 0 radical (unpaired) electrons. The van der Waals surface area contributed by atoms with Crippen molar-refractivity contribution in [3.8, 4) is 0 Å². The smallest absolute Gasteiger partial charge is 0.220 e. The molecule has 2 heterocycles. The molecule has 0 aliphatic heterocycles. The lowest BCUT2D eigenvalue weighted by atomic mass is 10.1. The zero-order chi connectivity index (χ0) is 24.9. The number of benzene rings is 3. The number of fused-ring (bicyclic) bond motifs is 2. The molecule has 0 bridgehead atoms. The lowest BCUT2D eigenvalue weighted by molar-refractivity contribution is -0.121. The molecule has 5 aromatic rings. The fourth-order valence-corrected chi connectivity index (χ4v) is 4.46. The molecule has 0 spiro atoms. The number of aromatic nitrogens is 4. The molecule has 5 rings (SSSR count). The number of hydrogen-bond donors (Lipinski definition) is 4. The van der Waals surface area contributed by atoms with Crippen molar-refractivity contribution in [1.82, 2.24) is 24.8 Å². The van der Waals surface area contributed by atoms with Gasteiger partial charge in [-0.25, -0.2) is 9.97 Å². The molecule has 5 N–H and O–H groups in total. The number of rotatable bonds is 10. The number of carbonyl (C=O) groups is 1. The normalized spacial score (nSPS) is 11.2. The summed E-state index contributed by atoms with van der Waals surface area (Å²) in [6, 6.07) is 23.7. The Morgan fingerprint density at radius 3 is 2.61 bits per heavy atom. The molecular weight excluding hydrogens is 450 g/mol. The second-order valence-corrected chi connectivity index (χ2v) is 8.86. The van der Waals surface area contributed by atoms with E-state index in [9.17, 15) is 4.79 Å². The van der Waals surface area contributed by atoms with Crippen LogP contribution in [0.5, 0.6) is 0 Å². The maximum atomic E-state index is 12.4. The van der Waals surface area contributed by atoms with Crippen LogP contribution in [0.2, 0.25) is 0 Å². The van der Waals surface area contributed by atoms with E-state index in [0.29, 0.717) is 31.5 Å². The van der Waals surface area contributed by atoms with E-state index in [2.05, 4.69) is 27.0 Å². The Morgan fingerprint density at radius 1 is 1.00 bits per heavy atom. The first-order valence-corrected chi connectivity index (χ1v) is 12.1. The SMILES string of the molecule is N=C(N)c1ccc2nc(Cc3nc4ccccc4[nH]3)n(CCNC(=O)CCCc3ccccc3)c2c1.